The van der Waals surface area contributed by atoms with Crippen LogP contribution in [0.15, 0.2) is 88.2 Å². The van der Waals surface area contributed by atoms with Crippen LogP contribution in [-0.4, -0.2) is 26.9 Å². The van der Waals surface area contributed by atoms with Gasteiger partial charge in [0, 0.05) is 16.2 Å². The lowest BCUT2D eigenvalue weighted by Gasteiger charge is -2.29. The minimum Gasteiger partial charge on any atom is -0.307 e. The van der Waals surface area contributed by atoms with Gasteiger partial charge in [0.05, 0.1) is 10.6 Å². The normalized spacial score (nSPS) is 15.7. The number of carbonyl (C=O) groups is 1. The summed E-state index contributed by atoms with van der Waals surface area (Å²) in [7, 11) is -3.93. The standard InChI is InChI=1S/C23H21BrN2O3S/c1-17-14-18-8-5-6-13-22(18)26(17)23(27)16-25(20-10-7-9-19(24)15-20)30(28,29)21-11-3-2-4-12-21/h2-13,15,17H,14,16H2,1H3. The highest BCUT2D eigenvalue weighted by Crippen LogP contribution is 2.33. The largest absolute Gasteiger partial charge is 0.307 e. The average molecular weight is 485 g/mol. The summed E-state index contributed by atoms with van der Waals surface area (Å²) in [5.74, 6) is -0.257. The fourth-order valence-corrected chi connectivity index (χ4v) is 5.62. The van der Waals surface area contributed by atoms with Crippen LogP contribution in [0, 0.1) is 0 Å². The van der Waals surface area contributed by atoms with Crippen LogP contribution in [0.3, 0.4) is 0 Å². The number of sulfonamides is 1. The van der Waals surface area contributed by atoms with Crippen LogP contribution < -0.4 is 9.21 Å². The first-order valence-corrected chi connectivity index (χ1v) is 11.8. The van der Waals surface area contributed by atoms with Crippen molar-refractivity contribution in [3.8, 4) is 0 Å². The van der Waals surface area contributed by atoms with E-state index in [1.165, 1.54) is 4.31 Å². The Morgan fingerprint density at radius 3 is 2.47 bits per heavy atom. The van der Waals surface area contributed by atoms with Crippen molar-refractivity contribution in [1.82, 2.24) is 0 Å². The zero-order valence-electron chi connectivity index (χ0n) is 16.4. The van der Waals surface area contributed by atoms with Crippen molar-refractivity contribution < 1.29 is 13.2 Å². The van der Waals surface area contributed by atoms with Crippen molar-refractivity contribution in [2.24, 2.45) is 0 Å². The van der Waals surface area contributed by atoms with Crippen LogP contribution in [0.1, 0.15) is 12.5 Å². The van der Waals surface area contributed by atoms with Gasteiger partial charge < -0.3 is 4.90 Å². The maximum absolute atomic E-state index is 13.5. The van der Waals surface area contributed by atoms with E-state index in [4.69, 9.17) is 0 Å². The summed E-state index contributed by atoms with van der Waals surface area (Å²) in [6.45, 7) is 1.69. The van der Waals surface area contributed by atoms with E-state index < -0.39 is 10.0 Å². The molecule has 3 aromatic rings. The van der Waals surface area contributed by atoms with E-state index in [0.717, 1.165) is 22.1 Å². The molecule has 0 saturated heterocycles. The molecule has 0 fully saturated rings. The molecule has 1 amide bonds. The Morgan fingerprint density at radius 1 is 1.03 bits per heavy atom. The highest BCUT2D eigenvalue weighted by atomic mass is 79.9. The van der Waals surface area contributed by atoms with Gasteiger partial charge in [0.15, 0.2) is 0 Å². The van der Waals surface area contributed by atoms with E-state index >= 15 is 0 Å². The first kappa shape index (κ1) is 20.6. The number of nitrogens with zero attached hydrogens (tertiary/aromatic N) is 2. The molecule has 1 atom stereocenters. The van der Waals surface area contributed by atoms with Crippen LogP contribution in [0.2, 0.25) is 0 Å². The number of halogens is 1. The highest BCUT2D eigenvalue weighted by molar-refractivity contribution is 9.10. The third-order valence-electron chi connectivity index (χ3n) is 5.18. The molecule has 0 aliphatic carbocycles. The molecule has 1 heterocycles. The maximum atomic E-state index is 13.5. The number of anilines is 2. The van der Waals surface area contributed by atoms with E-state index in [1.54, 1.807) is 53.4 Å². The summed E-state index contributed by atoms with van der Waals surface area (Å²) in [5.41, 5.74) is 2.38. The minimum atomic E-state index is -3.93. The van der Waals surface area contributed by atoms with Gasteiger partial charge in [0.2, 0.25) is 5.91 Å². The van der Waals surface area contributed by atoms with Crippen LogP contribution >= 0.6 is 15.9 Å². The van der Waals surface area contributed by atoms with E-state index in [2.05, 4.69) is 15.9 Å². The molecule has 0 aromatic heterocycles. The van der Waals surface area contributed by atoms with Crippen LogP contribution in [-0.2, 0) is 21.2 Å². The van der Waals surface area contributed by atoms with E-state index in [0.29, 0.717) is 5.69 Å². The predicted molar refractivity (Wildman–Crippen MR) is 122 cm³/mol. The van der Waals surface area contributed by atoms with Gasteiger partial charge in [-0.05, 0) is 55.3 Å². The molecule has 3 aromatic carbocycles. The number of fused-ring (bicyclic) bond motifs is 1. The number of rotatable bonds is 5. The predicted octanol–water partition coefficient (Wildman–Crippen LogP) is 4.62. The summed E-state index contributed by atoms with van der Waals surface area (Å²) >= 11 is 3.40. The summed E-state index contributed by atoms with van der Waals surface area (Å²) < 4.78 is 28.8. The molecule has 0 bridgehead atoms. The number of hydrogen-bond acceptors (Lipinski definition) is 3. The van der Waals surface area contributed by atoms with E-state index in [-0.39, 0.29) is 23.4 Å². The molecule has 154 valence electrons. The molecule has 0 radical (unpaired) electrons. The lowest BCUT2D eigenvalue weighted by molar-refractivity contribution is -0.117. The zero-order valence-corrected chi connectivity index (χ0v) is 18.8. The Morgan fingerprint density at radius 2 is 1.73 bits per heavy atom. The second-order valence-corrected chi connectivity index (χ2v) is 10.0. The Hall–Kier alpha value is -2.64. The molecular weight excluding hydrogens is 464 g/mol. The van der Waals surface area contributed by atoms with Crippen molar-refractivity contribution in [3.05, 3.63) is 88.9 Å². The van der Waals surface area contributed by atoms with Crippen LogP contribution in [0.5, 0.6) is 0 Å². The average Bonchev–Trinajstić information content (AvgIpc) is 3.08. The Bertz CT molecular complexity index is 1180. The summed E-state index contributed by atoms with van der Waals surface area (Å²) in [5, 5.41) is 0. The summed E-state index contributed by atoms with van der Waals surface area (Å²) in [6.07, 6.45) is 0.754. The third-order valence-corrected chi connectivity index (χ3v) is 7.46. The fourth-order valence-electron chi connectivity index (χ4n) is 3.81. The second-order valence-electron chi connectivity index (χ2n) is 7.25. The van der Waals surface area contributed by atoms with Crippen molar-refractivity contribution in [2.45, 2.75) is 24.3 Å². The Balaban J connectivity index is 1.73. The molecule has 0 saturated carbocycles. The second kappa shape index (κ2) is 8.24. The first-order chi connectivity index (χ1) is 14.4. The van der Waals surface area contributed by atoms with Crippen molar-refractivity contribution in [1.29, 1.82) is 0 Å². The van der Waals surface area contributed by atoms with Crippen molar-refractivity contribution in [2.75, 3.05) is 15.7 Å². The molecule has 1 unspecified atom stereocenters. The van der Waals surface area contributed by atoms with Gasteiger partial charge in [0.25, 0.3) is 10.0 Å². The molecule has 0 N–H and O–H groups in total. The molecule has 4 rings (SSSR count). The van der Waals surface area contributed by atoms with Gasteiger partial charge in [-0.1, -0.05) is 58.4 Å². The first-order valence-electron chi connectivity index (χ1n) is 9.61. The minimum absolute atomic E-state index is 0.0290. The molecular formula is C23H21BrN2O3S. The molecule has 7 heteroatoms. The quantitative estimate of drug-likeness (QED) is 0.530. The SMILES string of the molecule is CC1Cc2ccccc2N1C(=O)CN(c1cccc(Br)c1)S(=O)(=O)c1ccccc1. The third kappa shape index (κ3) is 3.87. The van der Waals surface area contributed by atoms with Gasteiger partial charge in [-0.2, -0.15) is 0 Å². The number of hydrogen-bond donors (Lipinski definition) is 0. The maximum Gasteiger partial charge on any atom is 0.264 e. The topological polar surface area (TPSA) is 57.7 Å². The fraction of sp³-hybridized carbons (Fsp3) is 0.174. The number of amides is 1. The molecule has 0 spiro atoms. The van der Waals surface area contributed by atoms with Gasteiger partial charge in [-0.15, -0.1) is 0 Å². The molecule has 1 aliphatic rings. The Kier molecular flexibility index (Phi) is 5.66. The number of para-hydroxylation sites is 1. The van der Waals surface area contributed by atoms with Gasteiger partial charge in [0.1, 0.15) is 6.54 Å². The molecule has 1 aliphatic heterocycles. The lowest BCUT2D eigenvalue weighted by Crippen LogP contribution is -2.45. The summed E-state index contributed by atoms with van der Waals surface area (Å²) in [4.78, 5) is 15.2. The Labute approximate surface area is 185 Å². The van der Waals surface area contributed by atoms with Gasteiger partial charge >= 0.3 is 0 Å². The van der Waals surface area contributed by atoms with Crippen LogP contribution in [0.4, 0.5) is 11.4 Å². The monoisotopic (exact) mass is 484 g/mol. The highest BCUT2D eigenvalue weighted by Gasteiger charge is 2.34. The van der Waals surface area contributed by atoms with Crippen molar-refractivity contribution >= 4 is 43.2 Å². The molecule has 5 nitrogen and oxygen atoms in total. The van der Waals surface area contributed by atoms with Crippen LogP contribution in [0.25, 0.3) is 0 Å². The zero-order chi connectivity index (χ0) is 21.3. The number of carbonyl (C=O) groups excluding carboxylic acids is 1. The summed E-state index contributed by atoms with van der Waals surface area (Å²) in [6, 6.07) is 22.9. The van der Waals surface area contributed by atoms with Gasteiger partial charge in [-0.25, -0.2) is 8.42 Å². The number of benzene rings is 3. The van der Waals surface area contributed by atoms with Gasteiger partial charge in [-0.3, -0.25) is 9.10 Å². The van der Waals surface area contributed by atoms with Crippen molar-refractivity contribution in [3.63, 3.8) is 0 Å². The molecule has 30 heavy (non-hydrogen) atoms. The van der Waals surface area contributed by atoms with E-state index in [1.807, 2.05) is 37.3 Å². The van der Waals surface area contributed by atoms with E-state index in [9.17, 15) is 13.2 Å². The lowest BCUT2D eigenvalue weighted by atomic mass is 10.1. The smallest absolute Gasteiger partial charge is 0.264 e.